The van der Waals surface area contributed by atoms with E-state index in [4.69, 9.17) is 5.11 Å². The van der Waals surface area contributed by atoms with Crippen LogP contribution in [-0.2, 0) is 11.2 Å². The van der Waals surface area contributed by atoms with E-state index in [1.54, 1.807) is 6.07 Å². The summed E-state index contributed by atoms with van der Waals surface area (Å²) >= 11 is 0. The zero-order valence-corrected chi connectivity index (χ0v) is 9.19. The molecule has 16 heavy (non-hydrogen) atoms. The largest absolute Gasteiger partial charge is 0.481 e. The van der Waals surface area contributed by atoms with Crippen molar-refractivity contribution in [3.05, 3.63) is 34.4 Å². The molecule has 0 fully saturated rings. The Balaban J connectivity index is 2.38. The second-order valence-electron chi connectivity index (χ2n) is 4.30. The molecule has 0 saturated carbocycles. The molecule has 1 aliphatic carbocycles. The van der Waals surface area contributed by atoms with E-state index in [1.165, 1.54) is 5.56 Å². The average molecular weight is 218 g/mol. The predicted octanol–water partition coefficient (Wildman–Crippen LogP) is 2.31. The van der Waals surface area contributed by atoms with Gasteiger partial charge in [-0.15, -0.1) is 0 Å². The summed E-state index contributed by atoms with van der Waals surface area (Å²) < 4.78 is 0. The van der Waals surface area contributed by atoms with E-state index in [0.717, 1.165) is 35.8 Å². The van der Waals surface area contributed by atoms with E-state index in [2.05, 4.69) is 0 Å². The van der Waals surface area contributed by atoms with Gasteiger partial charge < -0.3 is 5.11 Å². The minimum Gasteiger partial charge on any atom is -0.481 e. The molecular formula is C13H14O3. The van der Waals surface area contributed by atoms with E-state index < -0.39 is 5.97 Å². The van der Waals surface area contributed by atoms with E-state index in [1.807, 2.05) is 13.0 Å². The fourth-order valence-corrected chi connectivity index (χ4v) is 2.53. The molecule has 0 spiro atoms. The molecular weight excluding hydrogens is 204 g/mol. The van der Waals surface area contributed by atoms with Crippen LogP contribution in [0, 0.1) is 6.92 Å². The van der Waals surface area contributed by atoms with Crippen LogP contribution in [0.1, 0.15) is 45.8 Å². The number of fused-ring (bicyclic) bond motifs is 1. The van der Waals surface area contributed by atoms with E-state index >= 15 is 0 Å². The van der Waals surface area contributed by atoms with Gasteiger partial charge in [-0.25, -0.2) is 0 Å². The van der Waals surface area contributed by atoms with Crippen molar-refractivity contribution in [1.29, 1.82) is 0 Å². The van der Waals surface area contributed by atoms with Gasteiger partial charge in [-0.05, 0) is 42.4 Å². The topological polar surface area (TPSA) is 54.4 Å². The maximum atomic E-state index is 10.8. The summed E-state index contributed by atoms with van der Waals surface area (Å²) in [5.41, 5.74) is 4.02. The number of carboxylic acids is 1. The molecule has 0 aromatic heterocycles. The fourth-order valence-electron chi connectivity index (χ4n) is 2.53. The van der Waals surface area contributed by atoms with Crippen LogP contribution < -0.4 is 0 Å². The third-order valence-electron chi connectivity index (χ3n) is 3.41. The van der Waals surface area contributed by atoms with Crippen LogP contribution >= 0.6 is 0 Å². The number of hydrogen-bond donors (Lipinski definition) is 1. The first kappa shape index (κ1) is 10.9. The van der Waals surface area contributed by atoms with Crippen molar-refractivity contribution in [2.24, 2.45) is 0 Å². The summed E-state index contributed by atoms with van der Waals surface area (Å²) in [6.07, 6.45) is 2.82. The summed E-state index contributed by atoms with van der Waals surface area (Å²) in [5.74, 6) is -0.637. The lowest BCUT2D eigenvalue weighted by molar-refractivity contribution is -0.137. The van der Waals surface area contributed by atoms with Crippen LogP contribution in [0.3, 0.4) is 0 Å². The SMILES string of the molecule is Cc1c(C=O)ccc2c1CCC2CC(=O)O. The average Bonchev–Trinajstić information content (AvgIpc) is 2.62. The van der Waals surface area contributed by atoms with Crippen molar-refractivity contribution in [2.75, 3.05) is 0 Å². The van der Waals surface area contributed by atoms with Crippen LogP contribution in [0.4, 0.5) is 0 Å². The molecule has 1 aliphatic rings. The first-order valence-electron chi connectivity index (χ1n) is 5.43. The Morgan fingerprint density at radius 1 is 1.56 bits per heavy atom. The van der Waals surface area contributed by atoms with Crippen molar-refractivity contribution in [2.45, 2.75) is 32.1 Å². The molecule has 0 bridgehead atoms. The Hall–Kier alpha value is -1.64. The molecule has 2 rings (SSSR count). The van der Waals surface area contributed by atoms with Gasteiger partial charge in [-0.1, -0.05) is 12.1 Å². The third kappa shape index (κ3) is 1.73. The highest BCUT2D eigenvalue weighted by Crippen LogP contribution is 2.37. The summed E-state index contributed by atoms with van der Waals surface area (Å²) in [5, 5.41) is 8.81. The Morgan fingerprint density at radius 3 is 2.94 bits per heavy atom. The van der Waals surface area contributed by atoms with Crippen LogP contribution in [0.15, 0.2) is 12.1 Å². The predicted molar refractivity (Wildman–Crippen MR) is 59.9 cm³/mol. The fraction of sp³-hybridized carbons (Fsp3) is 0.385. The van der Waals surface area contributed by atoms with E-state index in [-0.39, 0.29) is 12.3 Å². The van der Waals surface area contributed by atoms with Gasteiger partial charge in [0.1, 0.15) is 6.29 Å². The molecule has 0 amide bonds. The first-order chi connectivity index (χ1) is 7.63. The molecule has 0 saturated heterocycles. The number of carbonyl (C=O) groups is 2. The molecule has 1 aromatic carbocycles. The van der Waals surface area contributed by atoms with Crippen molar-refractivity contribution in [3.8, 4) is 0 Å². The van der Waals surface area contributed by atoms with E-state index in [0.29, 0.717) is 0 Å². The van der Waals surface area contributed by atoms with Crippen LogP contribution in [-0.4, -0.2) is 17.4 Å². The highest BCUT2D eigenvalue weighted by molar-refractivity contribution is 5.78. The summed E-state index contributed by atoms with van der Waals surface area (Å²) in [6.45, 7) is 1.94. The van der Waals surface area contributed by atoms with Gasteiger partial charge in [0, 0.05) is 5.56 Å². The Morgan fingerprint density at radius 2 is 2.31 bits per heavy atom. The molecule has 0 heterocycles. The first-order valence-corrected chi connectivity index (χ1v) is 5.43. The molecule has 3 heteroatoms. The maximum absolute atomic E-state index is 10.8. The van der Waals surface area contributed by atoms with Gasteiger partial charge in [-0.3, -0.25) is 9.59 Å². The van der Waals surface area contributed by atoms with Gasteiger partial charge in [-0.2, -0.15) is 0 Å². The number of carbonyl (C=O) groups excluding carboxylic acids is 1. The molecule has 1 atom stereocenters. The van der Waals surface area contributed by atoms with Gasteiger partial charge in [0.25, 0.3) is 0 Å². The van der Waals surface area contributed by atoms with Crippen LogP contribution in [0.5, 0.6) is 0 Å². The third-order valence-corrected chi connectivity index (χ3v) is 3.41. The minimum atomic E-state index is -0.755. The van der Waals surface area contributed by atoms with Crippen molar-refractivity contribution >= 4 is 12.3 Å². The molecule has 84 valence electrons. The van der Waals surface area contributed by atoms with Crippen molar-refractivity contribution in [3.63, 3.8) is 0 Å². The summed E-state index contributed by atoms with van der Waals surface area (Å²) in [6, 6.07) is 3.70. The summed E-state index contributed by atoms with van der Waals surface area (Å²) in [7, 11) is 0. The van der Waals surface area contributed by atoms with Crippen molar-refractivity contribution in [1.82, 2.24) is 0 Å². The zero-order chi connectivity index (χ0) is 11.7. The standard InChI is InChI=1S/C13H14O3/c1-8-10(7-14)3-5-12-9(6-13(15)16)2-4-11(8)12/h3,5,7,9H,2,4,6H2,1H3,(H,15,16). The second kappa shape index (κ2) is 4.08. The Bertz CT molecular complexity index is 449. The Kier molecular flexibility index (Phi) is 2.77. The number of rotatable bonds is 3. The lowest BCUT2D eigenvalue weighted by Gasteiger charge is -2.10. The number of aldehydes is 1. The van der Waals surface area contributed by atoms with Crippen LogP contribution in [0.2, 0.25) is 0 Å². The molecule has 1 N–H and O–H groups in total. The lowest BCUT2D eigenvalue weighted by atomic mass is 9.94. The maximum Gasteiger partial charge on any atom is 0.303 e. The number of carboxylic acid groups (broad SMARTS) is 1. The highest BCUT2D eigenvalue weighted by atomic mass is 16.4. The molecule has 1 unspecified atom stereocenters. The van der Waals surface area contributed by atoms with Gasteiger partial charge in [0.15, 0.2) is 0 Å². The molecule has 0 aliphatic heterocycles. The normalized spacial score (nSPS) is 18.2. The smallest absolute Gasteiger partial charge is 0.303 e. The minimum absolute atomic E-state index is 0.118. The number of benzene rings is 1. The molecule has 1 aromatic rings. The van der Waals surface area contributed by atoms with Gasteiger partial charge in [0.05, 0.1) is 6.42 Å². The van der Waals surface area contributed by atoms with Gasteiger partial charge >= 0.3 is 5.97 Å². The number of aliphatic carboxylic acids is 1. The monoisotopic (exact) mass is 218 g/mol. The highest BCUT2D eigenvalue weighted by Gasteiger charge is 2.26. The quantitative estimate of drug-likeness (QED) is 0.792. The second-order valence-corrected chi connectivity index (χ2v) is 4.30. The van der Waals surface area contributed by atoms with E-state index in [9.17, 15) is 9.59 Å². The Labute approximate surface area is 94.1 Å². The molecule has 3 nitrogen and oxygen atoms in total. The summed E-state index contributed by atoms with van der Waals surface area (Å²) in [4.78, 5) is 21.5. The molecule has 0 radical (unpaired) electrons. The lowest BCUT2D eigenvalue weighted by Crippen LogP contribution is -2.03. The van der Waals surface area contributed by atoms with Crippen molar-refractivity contribution < 1.29 is 14.7 Å². The van der Waals surface area contributed by atoms with Crippen LogP contribution in [0.25, 0.3) is 0 Å². The zero-order valence-electron chi connectivity index (χ0n) is 9.19. The number of hydrogen-bond acceptors (Lipinski definition) is 2. The van der Waals surface area contributed by atoms with Gasteiger partial charge in [0.2, 0.25) is 0 Å².